The number of ether oxygens (including phenoxy) is 1. The Morgan fingerprint density at radius 2 is 2.16 bits per heavy atom. The monoisotopic (exact) mass is 354 g/mol. The molecule has 0 unspecified atom stereocenters. The van der Waals surface area contributed by atoms with Crippen LogP contribution in [0.25, 0.3) is 11.3 Å². The Kier molecular flexibility index (Phi) is 4.23. The molecule has 0 radical (unpaired) electrons. The fourth-order valence-corrected chi connectivity index (χ4v) is 3.98. The summed E-state index contributed by atoms with van der Waals surface area (Å²) in [6, 6.07) is 9.30. The number of nitrogens with zero attached hydrogens (tertiary/aromatic N) is 2. The van der Waals surface area contributed by atoms with Crippen LogP contribution in [0.5, 0.6) is 5.75 Å². The number of hydrogen-bond donors (Lipinski definition) is 2. The van der Waals surface area contributed by atoms with Gasteiger partial charge in [0.25, 0.3) is 5.91 Å². The van der Waals surface area contributed by atoms with Crippen molar-refractivity contribution in [2.24, 2.45) is 0 Å². The van der Waals surface area contributed by atoms with Gasteiger partial charge in [-0.15, -0.1) is 11.3 Å². The average molecular weight is 354 g/mol. The normalized spacial score (nSPS) is 13.3. The number of methoxy groups -OCH3 is 1. The lowest BCUT2D eigenvalue weighted by Gasteiger charge is -2.06. The van der Waals surface area contributed by atoms with E-state index in [2.05, 4.69) is 20.5 Å². The summed E-state index contributed by atoms with van der Waals surface area (Å²) < 4.78 is 5.23. The van der Waals surface area contributed by atoms with E-state index in [-0.39, 0.29) is 5.91 Å². The Hall–Kier alpha value is -2.67. The zero-order chi connectivity index (χ0) is 17.2. The molecule has 7 heteroatoms. The van der Waals surface area contributed by atoms with Crippen LogP contribution in [0.3, 0.4) is 0 Å². The summed E-state index contributed by atoms with van der Waals surface area (Å²) >= 11 is 1.57. The summed E-state index contributed by atoms with van der Waals surface area (Å²) in [6.45, 7) is 0. The van der Waals surface area contributed by atoms with Crippen molar-refractivity contribution in [2.75, 3.05) is 12.4 Å². The molecule has 0 fully saturated rings. The summed E-state index contributed by atoms with van der Waals surface area (Å²) in [7, 11) is 1.62. The number of carbonyl (C=O) groups is 1. The van der Waals surface area contributed by atoms with Crippen molar-refractivity contribution in [3.8, 4) is 17.0 Å². The van der Waals surface area contributed by atoms with Gasteiger partial charge in [-0.1, -0.05) is 12.1 Å². The maximum absolute atomic E-state index is 12.5. The Morgan fingerprint density at radius 3 is 3.00 bits per heavy atom. The van der Waals surface area contributed by atoms with Crippen LogP contribution >= 0.6 is 11.3 Å². The van der Waals surface area contributed by atoms with Crippen molar-refractivity contribution in [1.29, 1.82) is 0 Å². The topological polar surface area (TPSA) is 79.9 Å². The van der Waals surface area contributed by atoms with E-state index in [1.807, 2.05) is 24.3 Å². The second-order valence-corrected chi connectivity index (χ2v) is 7.03. The van der Waals surface area contributed by atoms with Gasteiger partial charge < -0.3 is 4.74 Å². The smallest absolute Gasteiger partial charge is 0.275 e. The maximum Gasteiger partial charge on any atom is 0.275 e. The summed E-state index contributed by atoms with van der Waals surface area (Å²) in [5.74, 6) is 0.521. The van der Waals surface area contributed by atoms with E-state index < -0.39 is 0 Å². The summed E-state index contributed by atoms with van der Waals surface area (Å²) in [6.07, 6.45) is 4.44. The van der Waals surface area contributed by atoms with Gasteiger partial charge in [0.1, 0.15) is 11.4 Å². The fourth-order valence-electron chi connectivity index (χ4n) is 2.94. The van der Waals surface area contributed by atoms with E-state index in [0.29, 0.717) is 16.5 Å². The SMILES string of the molecule is COc1cccc(-c2cc(C(=O)Nc3nc4c(s3)CCCC4)[nH]n2)c1. The Bertz CT molecular complexity index is 892. The van der Waals surface area contributed by atoms with Gasteiger partial charge in [0.05, 0.1) is 18.5 Å². The lowest BCUT2D eigenvalue weighted by molar-refractivity contribution is 0.102. The van der Waals surface area contributed by atoms with Crippen LogP contribution in [0.1, 0.15) is 33.9 Å². The number of hydrogen-bond acceptors (Lipinski definition) is 5. The first-order valence-corrected chi connectivity index (χ1v) is 9.04. The molecule has 1 aromatic carbocycles. The molecule has 0 atom stereocenters. The number of carbonyl (C=O) groups excluding carboxylic acids is 1. The molecule has 3 aromatic rings. The number of aromatic amines is 1. The van der Waals surface area contributed by atoms with E-state index in [0.717, 1.165) is 29.8 Å². The molecule has 0 saturated heterocycles. The molecule has 0 aliphatic heterocycles. The molecule has 0 saturated carbocycles. The third-order valence-electron chi connectivity index (χ3n) is 4.25. The standard InChI is InChI=1S/C18H18N4O2S/c1-24-12-6-4-5-11(9-12)14-10-15(22-21-14)17(23)20-18-19-13-7-2-3-8-16(13)25-18/h4-6,9-10H,2-3,7-8H2,1H3,(H,21,22)(H,19,20,23). The molecule has 25 heavy (non-hydrogen) atoms. The Morgan fingerprint density at radius 1 is 1.28 bits per heavy atom. The Balaban J connectivity index is 1.51. The largest absolute Gasteiger partial charge is 0.497 e. The molecular formula is C18H18N4O2S. The highest BCUT2D eigenvalue weighted by Gasteiger charge is 2.18. The van der Waals surface area contributed by atoms with Crippen LogP contribution in [-0.4, -0.2) is 28.2 Å². The molecule has 2 heterocycles. The molecule has 1 aliphatic carbocycles. The lowest BCUT2D eigenvalue weighted by atomic mass is 10.0. The number of benzene rings is 1. The van der Waals surface area contributed by atoms with Gasteiger partial charge in [-0.3, -0.25) is 15.2 Å². The number of rotatable bonds is 4. The highest BCUT2D eigenvalue weighted by atomic mass is 32.1. The van der Waals surface area contributed by atoms with E-state index in [9.17, 15) is 4.79 Å². The Labute approximate surface area is 149 Å². The van der Waals surface area contributed by atoms with E-state index in [1.54, 1.807) is 24.5 Å². The first-order valence-electron chi connectivity index (χ1n) is 8.22. The number of H-pyrrole nitrogens is 1. The number of anilines is 1. The summed E-state index contributed by atoms with van der Waals surface area (Å²) in [5, 5.41) is 10.6. The number of nitrogens with one attached hydrogen (secondary N) is 2. The molecule has 6 nitrogen and oxygen atoms in total. The minimum Gasteiger partial charge on any atom is -0.497 e. The summed E-state index contributed by atoms with van der Waals surface area (Å²) in [4.78, 5) is 18.3. The van der Waals surface area contributed by atoms with Crippen molar-refractivity contribution >= 4 is 22.4 Å². The van der Waals surface area contributed by atoms with Gasteiger partial charge >= 0.3 is 0 Å². The lowest BCUT2D eigenvalue weighted by Crippen LogP contribution is -2.12. The second kappa shape index (κ2) is 6.68. The predicted molar refractivity (Wildman–Crippen MR) is 97.3 cm³/mol. The van der Waals surface area contributed by atoms with Crippen molar-refractivity contribution in [3.05, 3.63) is 46.6 Å². The van der Waals surface area contributed by atoms with Crippen LogP contribution in [0.15, 0.2) is 30.3 Å². The highest BCUT2D eigenvalue weighted by Crippen LogP contribution is 2.30. The van der Waals surface area contributed by atoms with Gasteiger partial charge in [-0.05, 0) is 43.9 Å². The van der Waals surface area contributed by atoms with Crippen LogP contribution < -0.4 is 10.1 Å². The van der Waals surface area contributed by atoms with Crippen molar-refractivity contribution in [2.45, 2.75) is 25.7 Å². The van der Waals surface area contributed by atoms with Crippen LogP contribution in [0, 0.1) is 0 Å². The second-order valence-electron chi connectivity index (χ2n) is 5.95. The van der Waals surface area contributed by atoms with Gasteiger partial charge in [0.2, 0.25) is 0 Å². The van der Waals surface area contributed by atoms with Crippen LogP contribution in [0.4, 0.5) is 5.13 Å². The van der Waals surface area contributed by atoms with Gasteiger partial charge in [0, 0.05) is 10.4 Å². The van der Waals surface area contributed by atoms with Crippen molar-refractivity contribution < 1.29 is 9.53 Å². The number of fused-ring (bicyclic) bond motifs is 1. The molecule has 4 rings (SSSR count). The minimum absolute atomic E-state index is 0.229. The number of thiazole rings is 1. The van der Waals surface area contributed by atoms with Crippen LogP contribution in [0.2, 0.25) is 0 Å². The van der Waals surface area contributed by atoms with E-state index >= 15 is 0 Å². The van der Waals surface area contributed by atoms with Gasteiger partial charge in [-0.25, -0.2) is 4.98 Å². The fraction of sp³-hybridized carbons (Fsp3) is 0.278. The zero-order valence-corrected chi connectivity index (χ0v) is 14.7. The molecule has 128 valence electrons. The molecule has 0 bridgehead atoms. The van der Waals surface area contributed by atoms with Crippen molar-refractivity contribution in [1.82, 2.24) is 15.2 Å². The average Bonchev–Trinajstić information content (AvgIpc) is 3.28. The van der Waals surface area contributed by atoms with E-state index in [1.165, 1.54) is 17.7 Å². The minimum atomic E-state index is -0.229. The molecule has 1 aliphatic rings. The molecule has 1 amide bonds. The third kappa shape index (κ3) is 3.28. The van der Waals surface area contributed by atoms with Crippen LogP contribution in [-0.2, 0) is 12.8 Å². The van der Waals surface area contributed by atoms with Gasteiger partial charge in [-0.2, -0.15) is 5.10 Å². The summed E-state index contributed by atoms with van der Waals surface area (Å²) in [5.41, 5.74) is 3.13. The molecule has 2 aromatic heterocycles. The first-order chi connectivity index (χ1) is 12.2. The predicted octanol–water partition coefficient (Wildman–Crippen LogP) is 3.67. The maximum atomic E-state index is 12.5. The van der Waals surface area contributed by atoms with E-state index in [4.69, 9.17) is 4.74 Å². The third-order valence-corrected chi connectivity index (χ3v) is 5.33. The van der Waals surface area contributed by atoms with Crippen molar-refractivity contribution in [3.63, 3.8) is 0 Å². The zero-order valence-electron chi connectivity index (χ0n) is 13.8. The number of amides is 1. The molecular weight excluding hydrogens is 336 g/mol. The van der Waals surface area contributed by atoms with Gasteiger partial charge in [0.15, 0.2) is 5.13 Å². The first kappa shape index (κ1) is 15.8. The number of aromatic nitrogens is 3. The molecule has 2 N–H and O–H groups in total. The quantitative estimate of drug-likeness (QED) is 0.749. The highest BCUT2D eigenvalue weighted by molar-refractivity contribution is 7.15. The molecule has 0 spiro atoms. The number of aryl methyl sites for hydroxylation is 2.